The molecule has 0 aliphatic carbocycles. The molecule has 118 valence electrons. The van der Waals surface area contributed by atoms with E-state index in [2.05, 4.69) is 42.9 Å². The highest BCUT2D eigenvalue weighted by molar-refractivity contribution is 6.04. The summed E-state index contributed by atoms with van der Waals surface area (Å²) in [6.45, 7) is 6.18. The number of methoxy groups -OCH3 is 1. The molecule has 0 saturated carbocycles. The molecule has 0 unspecified atom stereocenters. The van der Waals surface area contributed by atoms with Gasteiger partial charge in [0.05, 0.1) is 19.0 Å². The summed E-state index contributed by atoms with van der Waals surface area (Å²) in [6.07, 6.45) is 1.56. The molecule has 0 fully saturated rings. The van der Waals surface area contributed by atoms with Crippen molar-refractivity contribution in [2.75, 3.05) is 12.4 Å². The quantitative estimate of drug-likeness (QED) is 0.879. The Kier molecular flexibility index (Phi) is 5.02. The first-order valence-corrected chi connectivity index (χ1v) is 7.32. The van der Waals surface area contributed by atoms with Crippen molar-refractivity contribution in [2.45, 2.75) is 20.8 Å². The Morgan fingerprint density at radius 3 is 2.35 bits per heavy atom. The first-order valence-electron chi connectivity index (χ1n) is 7.32. The summed E-state index contributed by atoms with van der Waals surface area (Å²) in [7, 11) is 1.55. The SMILES string of the molecule is COc1ccc(NC(=O)c2ccc(C#CC(C)(C)C)cc2)cn1. The Balaban J connectivity index is 2.06. The van der Waals surface area contributed by atoms with Crippen LogP contribution < -0.4 is 10.1 Å². The number of anilines is 1. The molecule has 0 atom stereocenters. The van der Waals surface area contributed by atoms with Gasteiger partial charge < -0.3 is 10.1 Å². The van der Waals surface area contributed by atoms with E-state index in [1.165, 1.54) is 0 Å². The van der Waals surface area contributed by atoms with Crippen molar-refractivity contribution in [3.05, 3.63) is 53.7 Å². The number of benzene rings is 1. The van der Waals surface area contributed by atoms with Crippen LogP contribution in [0.1, 0.15) is 36.7 Å². The second-order valence-electron chi connectivity index (χ2n) is 6.12. The minimum atomic E-state index is -0.188. The van der Waals surface area contributed by atoms with Crippen LogP contribution in [0.4, 0.5) is 5.69 Å². The van der Waals surface area contributed by atoms with Crippen molar-refractivity contribution in [1.29, 1.82) is 0 Å². The van der Waals surface area contributed by atoms with Crippen LogP contribution in [0.3, 0.4) is 0 Å². The summed E-state index contributed by atoms with van der Waals surface area (Å²) in [4.78, 5) is 16.2. The van der Waals surface area contributed by atoms with Crippen LogP contribution >= 0.6 is 0 Å². The average Bonchev–Trinajstić information content (AvgIpc) is 2.53. The molecule has 0 aliphatic heterocycles. The van der Waals surface area contributed by atoms with Crippen LogP contribution in [0.2, 0.25) is 0 Å². The van der Waals surface area contributed by atoms with Gasteiger partial charge >= 0.3 is 0 Å². The number of hydrogen-bond donors (Lipinski definition) is 1. The molecule has 23 heavy (non-hydrogen) atoms. The topological polar surface area (TPSA) is 51.2 Å². The molecular formula is C19H20N2O2. The molecule has 1 amide bonds. The number of aromatic nitrogens is 1. The zero-order valence-corrected chi connectivity index (χ0v) is 13.8. The minimum absolute atomic E-state index is 0.0442. The molecule has 0 radical (unpaired) electrons. The Bertz CT molecular complexity index is 730. The minimum Gasteiger partial charge on any atom is -0.481 e. The van der Waals surface area contributed by atoms with Gasteiger partial charge in [-0.3, -0.25) is 4.79 Å². The summed E-state index contributed by atoms with van der Waals surface area (Å²) < 4.78 is 4.98. The van der Waals surface area contributed by atoms with Crippen molar-refractivity contribution in [2.24, 2.45) is 5.41 Å². The largest absolute Gasteiger partial charge is 0.481 e. The molecule has 0 saturated heterocycles. The molecular weight excluding hydrogens is 288 g/mol. The Hall–Kier alpha value is -2.80. The van der Waals surface area contributed by atoms with Crippen molar-refractivity contribution in [3.63, 3.8) is 0 Å². The van der Waals surface area contributed by atoms with Gasteiger partial charge in [-0.2, -0.15) is 0 Å². The smallest absolute Gasteiger partial charge is 0.255 e. The van der Waals surface area contributed by atoms with Gasteiger partial charge in [0.15, 0.2) is 0 Å². The first-order chi connectivity index (χ1) is 10.9. The van der Waals surface area contributed by atoms with Crippen molar-refractivity contribution in [1.82, 2.24) is 4.98 Å². The normalized spacial score (nSPS) is 10.4. The van der Waals surface area contributed by atoms with E-state index in [0.29, 0.717) is 17.1 Å². The maximum Gasteiger partial charge on any atom is 0.255 e. The lowest BCUT2D eigenvalue weighted by Crippen LogP contribution is -2.11. The highest BCUT2D eigenvalue weighted by atomic mass is 16.5. The van der Waals surface area contributed by atoms with E-state index in [9.17, 15) is 4.79 Å². The number of hydrogen-bond acceptors (Lipinski definition) is 3. The molecule has 0 bridgehead atoms. The molecule has 4 nitrogen and oxygen atoms in total. The van der Waals surface area contributed by atoms with Gasteiger partial charge in [-0.15, -0.1) is 0 Å². The van der Waals surface area contributed by atoms with Crippen LogP contribution in [0.15, 0.2) is 42.6 Å². The Morgan fingerprint density at radius 1 is 1.13 bits per heavy atom. The monoisotopic (exact) mass is 308 g/mol. The highest BCUT2D eigenvalue weighted by Crippen LogP contribution is 2.14. The molecule has 2 aromatic rings. The predicted octanol–water partition coefficient (Wildman–Crippen LogP) is 3.74. The van der Waals surface area contributed by atoms with Crippen molar-refractivity contribution < 1.29 is 9.53 Å². The average molecular weight is 308 g/mol. The van der Waals surface area contributed by atoms with Crippen LogP contribution in [0.5, 0.6) is 5.88 Å². The van der Waals surface area contributed by atoms with Gasteiger partial charge in [-0.25, -0.2) is 4.98 Å². The molecule has 2 rings (SSSR count). The van der Waals surface area contributed by atoms with Gasteiger partial charge in [0.25, 0.3) is 5.91 Å². The van der Waals surface area contributed by atoms with Gasteiger partial charge in [-0.1, -0.05) is 11.8 Å². The van der Waals surface area contributed by atoms with Crippen LogP contribution in [0.25, 0.3) is 0 Å². The lowest BCUT2D eigenvalue weighted by Gasteiger charge is -2.07. The maximum absolute atomic E-state index is 12.2. The van der Waals surface area contributed by atoms with Gasteiger partial charge in [-0.05, 0) is 51.1 Å². The second-order valence-corrected chi connectivity index (χ2v) is 6.12. The number of carbonyl (C=O) groups excluding carboxylic acids is 1. The van der Waals surface area contributed by atoms with Crippen LogP contribution in [-0.2, 0) is 0 Å². The highest BCUT2D eigenvalue weighted by Gasteiger charge is 2.07. The molecule has 4 heteroatoms. The van der Waals surface area contributed by atoms with Gasteiger partial charge in [0, 0.05) is 22.6 Å². The first kappa shape index (κ1) is 16.6. The summed E-state index contributed by atoms with van der Waals surface area (Å²) in [6, 6.07) is 10.7. The molecule has 1 heterocycles. The van der Waals surface area contributed by atoms with Gasteiger partial charge in [0.2, 0.25) is 5.88 Å². The Labute approximate surface area is 136 Å². The molecule has 1 aromatic carbocycles. The fourth-order valence-electron chi connectivity index (χ4n) is 1.74. The number of nitrogens with zero attached hydrogens (tertiary/aromatic N) is 1. The zero-order valence-electron chi connectivity index (χ0n) is 13.8. The Morgan fingerprint density at radius 2 is 1.83 bits per heavy atom. The van der Waals surface area contributed by atoms with E-state index in [4.69, 9.17) is 4.74 Å². The second kappa shape index (κ2) is 6.97. The summed E-state index contributed by atoms with van der Waals surface area (Å²) in [5.74, 6) is 6.59. The van der Waals surface area contributed by atoms with E-state index in [-0.39, 0.29) is 11.3 Å². The van der Waals surface area contributed by atoms with Crippen molar-refractivity contribution >= 4 is 11.6 Å². The fraction of sp³-hybridized carbons (Fsp3) is 0.263. The summed E-state index contributed by atoms with van der Waals surface area (Å²) in [5, 5.41) is 2.79. The lowest BCUT2D eigenvalue weighted by molar-refractivity contribution is 0.102. The number of nitrogens with one attached hydrogen (secondary N) is 1. The number of rotatable bonds is 3. The number of pyridine rings is 1. The predicted molar refractivity (Wildman–Crippen MR) is 91.5 cm³/mol. The van der Waals surface area contributed by atoms with Crippen LogP contribution in [-0.4, -0.2) is 18.0 Å². The third kappa shape index (κ3) is 5.15. The van der Waals surface area contributed by atoms with E-state index in [0.717, 1.165) is 5.56 Å². The molecule has 1 N–H and O–H groups in total. The maximum atomic E-state index is 12.2. The molecule has 1 aromatic heterocycles. The van der Waals surface area contributed by atoms with E-state index in [1.807, 2.05) is 12.1 Å². The van der Waals surface area contributed by atoms with E-state index >= 15 is 0 Å². The standard InChI is InChI=1S/C19H20N2O2/c1-19(2,3)12-11-14-5-7-15(8-6-14)18(22)21-16-9-10-17(23-4)20-13-16/h5-10,13H,1-4H3,(H,21,22). The van der Waals surface area contributed by atoms with Crippen LogP contribution in [0, 0.1) is 17.3 Å². The summed E-state index contributed by atoms with van der Waals surface area (Å²) >= 11 is 0. The zero-order chi connectivity index (χ0) is 16.9. The third-order valence-electron chi connectivity index (χ3n) is 2.93. The molecule has 0 spiro atoms. The fourth-order valence-corrected chi connectivity index (χ4v) is 1.74. The van der Waals surface area contributed by atoms with Crippen molar-refractivity contribution in [3.8, 4) is 17.7 Å². The summed E-state index contributed by atoms with van der Waals surface area (Å²) in [5.41, 5.74) is 2.04. The number of carbonyl (C=O) groups is 1. The lowest BCUT2D eigenvalue weighted by atomic mass is 9.97. The molecule has 0 aliphatic rings. The van der Waals surface area contributed by atoms with E-state index < -0.39 is 0 Å². The third-order valence-corrected chi connectivity index (χ3v) is 2.93. The van der Waals surface area contributed by atoms with E-state index in [1.54, 1.807) is 37.6 Å². The number of ether oxygens (including phenoxy) is 1. The van der Waals surface area contributed by atoms with Gasteiger partial charge in [0.1, 0.15) is 0 Å². The number of amides is 1.